The lowest BCUT2D eigenvalue weighted by Gasteiger charge is -2.29. The molecule has 0 amide bonds. The SMILES string of the molecule is C[C@@H](c1ncc(F)cc1F)c1cc(N2CCOCC2)nc2nc(N)nc(Nc3cn(C)cn3)c12. The molecule has 0 unspecified atom stereocenters. The van der Waals surface area contributed by atoms with Crippen LogP contribution in [0, 0.1) is 11.6 Å². The summed E-state index contributed by atoms with van der Waals surface area (Å²) in [7, 11) is 1.84. The van der Waals surface area contributed by atoms with Gasteiger partial charge in [0, 0.05) is 38.3 Å². The molecule has 0 bridgehead atoms. The number of pyridine rings is 2. The summed E-state index contributed by atoms with van der Waals surface area (Å²) in [5, 5.41) is 3.72. The van der Waals surface area contributed by atoms with Crippen molar-refractivity contribution in [3.63, 3.8) is 0 Å². The number of hydrogen-bond donors (Lipinski definition) is 2. The van der Waals surface area contributed by atoms with Gasteiger partial charge in [0.25, 0.3) is 0 Å². The fourth-order valence-electron chi connectivity index (χ4n) is 4.04. The third-order valence-corrected chi connectivity index (χ3v) is 5.70. The van der Waals surface area contributed by atoms with Crippen molar-refractivity contribution >= 4 is 34.4 Å². The molecule has 12 heteroatoms. The lowest BCUT2D eigenvalue weighted by molar-refractivity contribution is 0.122. The number of morpholine rings is 1. The van der Waals surface area contributed by atoms with Gasteiger partial charge < -0.3 is 25.3 Å². The summed E-state index contributed by atoms with van der Waals surface area (Å²) in [6.07, 6.45) is 4.43. The topological polar surface area (TPSA) is 120 Å². The van der Waals surface area contributed by atoms with Crippen LogP contribution >= 0.6 is 0 Å². The smallest absolute Gasteiger partial charge is 0.224 e. The van der Waals surface area contributed by atoms with E-state index in [2.05, 4.69) is 30.2 Å². The number of nitrogen functional groups attached to an aromatic ring is 1. The molecule has 5 heterocycles. The number of fused-ring (bicyclic) bond motifs is 1. The van der Waals surface area contributed by atoms with Crippen molar-refractivity contribution in [2.24, 2.45) is 7.05 Å². The first kappa shape index (κ1) is 21.9. The molecule has 0 aliphatic carbocycles. The molecule has 5 rings (SSSR count). The molecular weight excluding hydrogens is 444 g/mol. The second kappa shape index (κ2) is 8.78. The van der Waals surface area contributed by atoms with E-state index in [-0.39, 0.29) is 11.6 Å². The number of nitrogens with one attached hydrogen (secondary N) is 1. The van der Waals surface area contributed by atoms with E-state index in [0.29, 0.717) is 60.4 Å². The number of halogens is 2. The Kier molecular flexibility index (Phi) is 5.65. The number of nitrogens with zero attached hydrogens (tertiary/aromatic N) is 7. The van der Waals surface area contributed by atoms with Gasteiger partial charge in [0.15, 0.2) is 5.65 Å². The Morgan fingerprint density at radius 1 is 1.12 bits per heavy atom. The average molecular weight is 467 g/mol. The van der Waals surface area contributed by atoms with Crippen molar-refractivity contribution in [3.8, 4) is 0 Å². The van der Waals surface area contributed by atoms with Gasteiger partial charge >= 0.3 is 0 Å². The fraction of sp³-hybridized carbons (Fsp3) is 0.318. The molecule has 1 aliphatic heterocycles. The maximum atomic E-state index is 14.7. The molecule has 4 aromatic rings. The van der Waals surface area contributed by atoms with Crippen LogP contribution in [-0.2, 0) is 11.8 Å². The normalized spacial score (nSPS) is 15.0. The number of rotatable bonds is 5. The highest BCUT2D eigenvalue weighted by molar-refractivity contribution is 5.94. The van der Waals surface area contributed by atoms with E-state index in [9.17, 15) is 8.78 Å². The highest BCUT2D eigenvalue weighted by atomic mass is 19.1. The van der Waals surface area contributed by atoms with E-state index in [1.165, 1.54) is 0 Å². The van der Waals surface area contributed by atoms with Gasteiger partial charge in [0.1, 0.15) is 29.1 Å². The van der Waals surface area contributed by atoms with Crippen LogP contribution in [0.2, 0.25) is 0 Å². The molecule has 34 heavy (non-hydrogen) atoms. The van der Waals surface area contributed by atoms with Crippen LogP contribution in [0.5, 0.6) is 0 Å². The second-order valence-electron chi connectivity index (χ2n) is 8.09. The minimum absolute atomic E-state index is 0.0299. The van der Waals surface area contributed by atoms with Crippen LogP contribution < -0.4 is 16.0 Å². The molecule has 0 spiro atoms. The number of anilines is 4. The molecule has 1 atom stereocenters. The van der Waals surface area contributed by atoms with E-state index >= 15 is 0 Å². The van der Waals surface area contributed by atoms with Gasteiger partial charge in [-0.3, -0.25) is 4.98 Å². The summed E-state index contributed by atoms with van der Waals surface area (Å²) < 4.78 is 35.5. The summed E-state index contributed by atoms with van der Waals surface area (Å²) in [5.41, 5.74) is 7.13. The molecule has 0 radical (unpaired) electrons. The van der Waals surface area contributed by atoms with Crippen molar-refractivity contribution in [3.05, 3.63) is 53.7 Å². The van der Waals surface area contributed by atoms with E-state index < -0.39 is 17.6 Å². The van der Waals surface area contributed by atoms with Crippen LogP contribution in [-0.4, -0.2) is 55.8 Å². The van der Waals surface area contributed by atoms with Gasteiger partial charge in [-0.1, -0.05) is 6.92 Å². The van der Waals surface area contributed by atoms with Crippen LogP contribution in [0.15, 0.2) is 30.9 Å². The molecular formula is C22H23F2N9O. The molecule has 3 N–H and O–H groups in total. The van der Waals surface area contributed by atoms with Crippen LogP contribution in [0.4, 0.5) is 32.2 Å². The Morgan fingerprint density at radius 3 is 2.62 bits per heavy atom. The molecule has 1 aliphatic rings. The Morgan fingerprint density at radius 2 is 1.91 bits per heavy atom. The zero-order chi connectivity index (χ0) is 23.8. The first-order chi connectivity index (χ1) is 16.4. The standard InChI is InChI=1S/C22H23F2N9O/c1-12(19-15(24)7-13(23)9-26-19)14-8-17(33-3-5-34-6-4-33)29-21-18(14)20(30-22(25)31-21)28-16-10-32(2)11-27-16/h7-12H,3-6H2,1-2H3,(H3,25,28,29,30,31)/t12-/m1/s1. The number of aryl methyl sites for hydroxylation is 1. The minimum Gasteiger partial charge on any atom is -0.378 e. The summed E-state index contributed by atoms with van der Waals surface area (Å²) in [4.78, 5) is 23.9. The molecule has 4 aromatic heterocycles. The summed E-state index contributed by atoms with van der Waals surface area (Å²) in [6.45, 7) is 4.22. The van der Waals surface area contributed by atoms with E-state index in [0.717, 1.165) is 12.3 Å². The predicted octanol–water partition coefficient (Wildman–Crippen LogP) is 2.75. The van der Waals surface area contributed by atoms with Crippen molar-refractivity contribution < 1.29 is 13.5 Å². The average Bonchev–Trinajstić information content (AvgIpc) is 3.22. The molecule has 1 saturated heterocycles. The zero-order valence-corrected chi connectivity index (χ0v) is 18.7. The van der Waals surface area contributed by atoms with Crippen LogP contribution in [0.25, 0.3) is 11.0 Å². The third kappa shape index (κ3) is 4.19. The third-order valence-electron chi connectivity index (χ3n) is 5.70. The maximum Gasteiger partial charge on any atom is 0.224 e. The Hall–Kier alpha value is -3.93. The summed E-state index contributed by atoms with van der Waals surface area (Å²) in [6, 6.07) is 2.69. The van der Waals surface area contributed by atoms with Crippen molar-refractivity contribution in [1.82, 2.24) is 29.5 Å². The predicted molar refractivity (Wildman–Crippen MR) is 123 cm³/mol. The molecule has 0 saturated carbocycles. The number of imidazole rings is 1. The lowest BCUT2D eigenvalue weighted by Crippen LogP contribution is -2.36. The van der Waals surface area contributed by atoms with Gasteiger partial charge in [0.05, 0.1) is 36.8 Å². The molecule has 1 fully saturated rings. The van der Waals surface area contributed by atoms with E-state index in [1.807, 2.05) is 13.1 Å². The molecule has 0 aromatic carbocycles. The largest absolute Gasteiger partial charge is 0.378 e. The highest BCUT2D eigenvalue weighted by Crippen LogP contribution is 2.36. The lowest BCUT2D eigenvalue weighted by atomic mass is 9.94. The van der Waals surface area contributed by atoms with E-state index in [1.54, 1.807) is 24.0 Å². The highest BCUT2D eigenvalue weighted by Gasteiger charge is 2.25. The van der Waals surface area contributed by atoms with Gasteiger partial charge in [-0.05, 0) is 11.6 Å². The Labute approximate surface area is 193 Å². The second-order valence-corrected chi connectivity index (χ2v) is 8.09. The van der Waals surface area contributed by atoms with Gasteiger partial charge in [0.2, 0.25) is 5.95 Å². The van der Waals surface area contributed by atoms with Gasteiger partial charge in [-0.2, -0.15) is 9.97 Å². The first-order valence-electron chi connectivity index (χ1n) is 10.8. The summed E-state index contributed by atoms with van der Waals surface area (Å²) >= 11 is 0. The number of hydrogen-bond acceptors (Lipinski definition) is 9. The number of nitrogens with two attached hydrogens (primary N) is 1. The number of aromatic nitrogens is 6. The maximum absolute atomic E-state index is 14.7. The molecule has 176 valence electrons. The minimum atomic E-state index is -0.740. The van der Waals surface area contributed by atoms with Crippen LogP contribution in [0.3, 0.4) is 0 Å². The van der Waals surface area contributed by atoms with Crippen molar-refractivity contribution in [1.29, 1.82) is 0 Å². The monoisotopic (exact) mass is 467 g/mol. The van der Waals surface area contributed by atoms with Crippen LogP contribution in [0.1, 0.15) is 24.1 Å². The fourth-order valence-corrected chi connectivity index (χ4v) is 4.04. The Balaban J connectivity index is 1.71. The molecule has 10 nitrogen and oxygen atoms in total. The summed E-state index contributed by atoms with van der Waals surface area (Å²) in [5.74, 6) is -0.432. The van der Waals surface area contributed by atoms with Gasteiger partial charge in [-0.25, -0.2) is 18.7 Å². The van der Waals surface area contributed by atoms with E-state index in [4.69, 9.17) is 15.5 Å². The zero-order valence-electron chi connectivity index (χ0n) is 18.7. The van der Waals surface area contributed by atoms with Crippen molar-refractivity contribution in [2.75, 3.05) is 42.3 Å². The quantitative estimate of drug-likeness (QED) is 0.456. The van der Waals surface area contributed by atoms with Gasteiger partial charge in [-0.15, -0.1) is 0 Å². The first-order valence-corrected chi connectivity index (χ1v) is 10.8. The van der Waals surface area contributed by atoms with Crippen molar-refractivity contribution in [2.45, 2.75) is 12.8 Å². The Bertz CT molecular complexity index is 1350. The number of ether oxygens (including phenoxy) is 1.